The van der Waals surface area contributed by atoms with Gasteiger partial charge in [-0.25, -0.2) is 0 Å². The molecular weight excluding hydrogens is 385 g/mol. The first-order valence-corrected chi connectivity index (χ1v) is 24.8. The second-order valence-corrected chi connectivity index (χ2v) is 37.7. The molecule has 0 aliphatic heterocycles. The van der Waals surface area contributed by atoms with Gasteiger partial charge < -0.3 is 0 Å². The predicted molar refractivity (Wildman–Crippen MR) is 124 cm³/mol. The SMILES string of the molecule is C[Si](C)(Cl)C([Si](C)(C)C([Si](C)(C)Cl)=P(C)(C)C)=P(C)(C)C. The summed E-state index contributed by atoms with van der Waals surface area (Å²) >= 11 is 14.1. The second kappa shape index (κ2) is 6.62. The first kappa shape index (κ1) is 22.8. The number of hydrogen-bond donors (Lipinski definition) is 0. The van der Waals surface area contributed by atoms with Crippen LogP contribution in [0.15, 0.2) is 0 Å². The molecule has 0 aromatic carbocycles. The monoisotopic (exact) mass is 420 g/mol. The van der Waals surface area contributed by atoms with E-state index in [0.717, 1.165) is 0 Å². The van der Waals surface area contributed by atoms with Crippen molar-refractivity contribution in [3.05, 3.63) is 0 Å². The molecule has 0 saturated heterocycles. The lowest BCUT2D eigenvalue weighted by Crippen LogP contribution is -2.62. The van der Waals surface area contributed by atoms with Gasteiger partial charge in [-0.2, -0.15) is 22.2 Å². The number of halogens is 2. The normalized spacial score (nSPS) is 15.1. The zero-order chi connectivity index (χ0) is 17.7. The quantitative estimate of drug-likeness (QED) is 0.301. The summed E-state index contributed by atoms with van der Waals surface area (Å²) in [4.78, 5) is 0. The van der Waals surface area contributed by atoms with Crippen LogP contribution in [0.25, 0.3) is 0 Å². The highest BCUT2D eigenvalue weighted by Gasteiger charge is 2.47. The lowest BCUT2D eigenvalue weighted by molar-refractivity contribution is 1.93. The maximum absolute atomic E-state index is 7.05. The molecule has 7 heteroatoms. The Balaban J connectivity index is 6.86. The maximum atomic E-state index is 7.05. The summed E-state index contributed by atoms with van der Waals surface area (Å²) in [5.41, 5.74) is 0. The third-order valence-electron chi connectivity index (χ3n) is 3.65. The Morgan fingerprint density at radius 2 is 0.762 bits per heavy atom. The van der Waals surface area contributed by atoms with Gasteiger partial charge in [0.05, 0.1) is 8.07 Å². The zero-order valence-corrected chi connectivity index (χ0v) is 22.5. The Morgan fingerprint density at radius 3 is 0.857 bits per heavy atom. The van der Waals surface area contributed by atoms with E-state index in [2.05, 4.69) is 79.3 Å². The molecule has 0 bridgehead atoms. The van der Waals surface area contributed by atoms with E-state index in [4.69, 9.17) is 22.2 Å². The van der Waals surface area contributed by atoms with Gasteiger partial charge in [0.25, 0.3) is 0 Å². The minimum Gasteiger partial charge on any atom is -0.162 e. The Labute approximate surface area is 146 Å². The van der Waals surface area contributed by atoms with Gasteiger partial charge in [-0.1, -0.05) is 48.4 Å². The van der Waals surface area contributed by atoms with E-state index in [0.29, 0.717) is 0 Å². The van der Waals surface area contributed by atoms with Crippen LogP contribution < -0.4 is 0 Å². The molecule has 0 unspecified atom stereocenters. The van der Waals surface area contributed by atoms with E-state index in [1.54, 1.807) is 9.08 Å². The van der Waals surface area contributed by atoms with E-state index in [1.807, 2.05) is 0 Å². The van der Waals surface area contributed by atoms with Crippen molar-refractivity contribution in [1.29, 1.82) is 0 Å². The Bertz CT molecular complexity index is 449. The van der Waals surface area contributed by atoms with Crippen LogP contribution >= 0.6 is 35.9 Å². The van der Waals surface area contributed by atoms with E-state index < -0.39 is 36.6 Å². The molecule has 0 nitrogen and oxygen atoms in total. The molecule has 128 valence electrons. The standard InChI is InChI=1S/C14H36Cl2P2Si3/c1-17(2,3)13(20(9,10)15)19(7,8)14(18(4,5)6)21(11,12)16/h1-12H3. The summed E-state index contributed by atoms with van der Waals surface area (Å²) in [5.74, 6) is 0. The predicted octanol–water partition coefficient (Wildman–Crippen LogP) is 5.90. The Morgan fingerprint density at radius 1 is 0.571 bits per heavy atom. The summed E-state index contributed by atoms with van der Waals surface area (Å²) in [5, 5.41) is 0. The van der Waals surface area contributed by atoms with Crippen LogP contribution in [0.4, 0.5) is 0 Å². The van der Waals surface area contributed by atoms with E-state index in [-0.39, 0.29) is 0 Å². The lowest BCUT2D eigenvalue weighted by atomic mass is 11.7. The Kier molecular flexibility index (Phi) is 7.20. The van der Waals surface area contributed by atoms with Crippen molar-refractivity contribution >= 4 is 67.9 Å². The lowest BCUT2D eigenvalue weighted by Gasteiger charge is -2.45. The molecule has 0 rings (SSSR count). The molecule has 0 aliphatic carbocycles. The zero-order valence-electron chi connectivity index (χ0n) is 16.2. The van der Waals surface area contributed by atoms with Crippen LogP contribution in [0, 0.1) is 0 Å². The van der Waals surface area contributed by atoms with Crippen molar-refractivity contribution < 1.29 is 0 Å². The molecule has 0 aromatic heterocycles. The smallest absolute Gasteiger partial charge is 0.162 e. The highest BCUT2D eigenvalue weighted by Crippen LogP contribution is 2.49. The number of rotatable bonds is 4. The minimum atomic E-state index is -1.82. The minimum absolute atomic E-state index is 1.09. The molecule has 0 aromatic rings. The molecule has 0 saturated carbocycles. The fourth-order valence-electron chi connectivity index (χ4n) is 4.87. The molecule has 0 radical (unpaired) electrons. The number of hydrogen-bond acceptors (Lipinski definition) is 0. The van der Waals surface area contributed by atoms with Gasteiger partial charge in [-0.3, -0.25) is 0 Å². The molecule has 0 fully saturated rings. The van der Waals surface area contributed by atoms with Crippen LogP contribution in [-0.4, -0.2) is 71.9 Å². The largest absolute Gasteiger partial charge is 0.173 e. The topological polar surface area (TPSA) is 0 Å². The summed E-state index contributed by atoms with van der Waals surface area (Å²) < 4.78 is 3.57. The first-order chi connectivity index (χ1) is 8.73. The third-order valence-corrected chi connectivity index (χ3v) is 36.1. The molecule has 0 amide bonds. The fraction of sp³-hybridized carbons (Fsp3) is 0.857. The van der Waals surface area contributed by atoms with Crippen molar-refractivity contribution in [2.24, 2.45) is 0 Å². The van der Waals surface area contributed by atoms with Gasteiger partial charge in [0.15, 0.2) is 14.8 Å². The van der Waals surface area contributed by atoms with Crippen LogP contribution in [0.3, 0.4) is 0 Å². The van der Waals surface area contributed by atoms with Crippen LogP contribution in [0.1, 0.15) is 0 Å². The van der Waals surface area contributed by atoms with Crippen molar-refractivity contribution in [2.45, 2.75) is 39.3 Å². The maximum Gasteiger partial charge on any atom is 0.173 e. The van der Waals surface area contributed by atoms with Gasteiger partial charge in [0.2, 0.25) is 0 Å². The van der Waals surface area contributed by atoms with Gasteiger partial charge in [-0.05, 0) is 40.0 Å². The van der Waals surface area contributed by atoms with Gasteiger partial charge in [-0.15, -0.1) is 13.8 Å². The molecule has 0 N–H and O–H groups in total. The van der Waals surface area contributed by atoms with Crippen LogP contribution in [-0.2, 0) is 0 Å². The fourth-order valence-corrected chi connectivity index (χ4v) is 54.7. The highest BCUT2D eigenvalue weighted by atomic mass is 35.6. The summed E-state index contributed by atoms with van der Waals surface area (Å²) in [6.07, 6.45) is 0. The Hall–Kier alpha value is 1.83. The molecular formula is C14H36Cl2P2Si3. The first-order valence-electron chi connectivity index (χ1n) is 7.51. The van der Waals surface area contributed by atoms with Crippen molar-refractivity contribution in [3.8, 4) is 0 Å². The highest BCUT2D eigenvalue weighted by molar-refractivity contribution is 7.96. The van der Waals surface area contributed by atoms with Gasteiger partial charge in [0.1, 0.15) is 0 Å². The molecule has 0 spiro atoms. The van der Waals surface area contributed by atoms with E-state index in [1.165, 1.54) is 0 Å². The van der Waals surface area contributed by atoms with Gasteiger partial charge >= 0.3 is 0 Å². The van der Waals surface area contributed by atoms with Crippen molar-refractivity contribution in [2.75, 3.05) is 40.0 Å². The molecule has 0 aliphatic rings. The van der Waals surface area contributed by atoms with Gasteiger partial charge in [0, 0.05) is 0 Å². The average molecular weight is 422 g/mol. The summed E-state index contributed by atoms with van der Waals surface area (Å²) in [6.45, 7) is 26.9. The summed E-state index contributed by atoms with van der Waals surface area (Å²) in [6, 6.07) is 0. The third kappa shape index (κ3) is 6.00. The van der Waals surface area contributed by atoms with Crippen molar-refractivity contribution in [1.82, 2.24) is 0 Å². The molecule has 0 heterocycles. The van der Waals surface area contributed by atoms with E-state index in [9.17, 15) is 0 Å². The second-order valence-electron chi connectivity index (χ2n) is 9.29. The molecule has 21 heavy (non-hydrogen) atoms. The summed E-state index contributed by atoms with van der Waals surface area (Å²) in [7, 11) is -5.35. The van der Waals surface area contributed by atoms with Crippen LogP contribution in [0.5, 0.6) is 0 Å². The average Bonchev–Trinajstić information content (AvgIpc) is 1.84. The van der Waals surface area contributed by atoms with E-state index >= 15 is 0 Å². The van der Waals surface area contributed by atoms with Crippen molar-refractivity contribution in [3.63, 3.8) is 0 Å². The van der Waals surface area contributed by atoms with Crippen LogP contribution in [0.2, 0.25) is 39.3 Å². The molecule has 0 atom stereocenters.